The van der Waals surface area contributed by atoms with Crippen LogP contribution >= 0.6 is 0 Å². The third kappa shape index (κ3) is 7.00. The van der Waals surface area contributed by atoms with Crippen LogP contribution in [0.1, 0.15) is 79.4 Å². The van der Waals surface area contributed by atoms with Crippen molar-refractivity contribution >= 4 is 37.8 Å². The summed E-state index contributed by atoms with van der Waals surface area (Å²) in [6.45, 7) is -0.675. The Morgan fingerprint density at radius 2 is 1.93 bits per heavy atom. The number of halogens is 5. The number of ether oxygens (including phenoxy) is 1. The molecule has 2 saturated heterocycles. The maximum Gasteiger partial charge on any atom is 0.416 e. The zero-order valence-electron chi connectivity index (χ0n) is 25.6. The van der Waals surface area contributed by atoms with Crippen molar-refractivity contribution in [3.05, 3.63) is 41.0 Å². The summed E-state index contributed by atoms with van der Waals surface area (Å²) in [6, 6.07) is 4.37. The number of hydrogen-bond donors (Lipinski definition) is 3. The van der Waals surface area contributed by atoms with Gasteiger partial charge in [0.15, 0.2) is 16.9 Å². The molecule has 1 aromatic carbocycles. The molecular weight excluding hydrogens is 615 g/mol. The normalized spacial score (nSPS) is 23.4. The third-order valence-corrected chi connectivity index (χ3v) is 8.15. The van der Waals surface area contributed by atoms with Gasteiger partial charge in [-0.05, 0) is 49.5 Å². The van der Waals surface area contributed by atoms with E-state index >= 15 is 0 Å². The highest BCUT2D eigenvalue weighted by Gasteiger charge is 2.83. The van der Waals surface area contributed by atoms with Gasteiger partial charge in [0.05, 0.1) is 24.2 Å². The van der Waals surface area contributed by atoms with Crippen molar-refractivity contribution in [3.8, 4) is 0 Å². The van der Waals surface area contributed by atoms with E-state index in [0.29, 0.717) is 39.7 Å². The lowest BCUT2D eigenvalue weighted by atomic mass is 9.75. The van der Waals surface area contributed by atoms with Crippen LogP contribution in [0.3, 0.4) is 0 Å². The number of H-pyrrole nitrogens is 1. The Balaban J connectivity index is 0.000000227. The minimum Gasteiger partial charge on any atom is -0.366 e. The number of imidazole rings is 1. The topological polar surface area (TPSA) is 138 Å². The summed E-state index contributed by atoms with van der Waals surface area (Å²) >= 11 is 0. The Bertz CT molecular complexity index is 1580. The number of carbonyl (C=O) groups excluding carboxylic acids is 2. The number of aromatic nitrogens is 4. The van der Waals surface area contributed by atoms with Gasteiger partial charge in [-0.2, -0.15) is 13.2 Å². The van der Waals surface area contributed by atoms with E-state index in [1.54, 1.807) is 25.2 Å². The van der Waals surface area contributed by atoms with Gasteiger partial charge >= 0.3 is 19.2 Å². The molecule has 4 heterocycles. The molecule has 2 saturated carbocycles. The molecule has 2 aromatic heterocycles. The van der Waals surface area contributed by atoms with Crippen LogP contribution in [-0.4, -0.2) is 94.8 Å². The molecule has 18 heteroatoms. The Labute approximate surface area is 263 Å². The second-order valence-corrected chi connectivity index (χ2v) is 12.4. The monoisotopic (exact) mass is 649 g/mol. The van der Waals surface area contributed by atoms with Crippen LogP contribution in [0.2, 0.25) is 0 Å². The first-order valence-corrected chi connectivity index (χ1v) is 15.0. The highest BCUT2D eigenvalue weighted by Crippen LogP contribution is 2.51. The fourth-order valence-electron chi connectivity index (χ4n) is 4.71. The predicted octanol–water partition coefficient (Wildman–Crippen LogP) is 4.09. The van der Waals surface area contributed by atoms with Gasteiger partial charge in [0, 0.05) is 31.3 Å². The van der Waals surface area contributed by atoms with Gasteiger partial charge in [-0.3, -0.25) is 4.79 Å². The van der Waals surface area contributed by atoms with Crippen LogP contribution < -0.4 is 10.6 Å². The summed E-state index contributed by atoms with van der Waals surface area (Å²) in [5.74, 6) is 0.608. The average Bonchev–Trinajstić information content (AvgIpc) is 3.97. The van der Waals surface area contributed by atoms with E-state index < -0.39 is 42.2 Å². The maximum atomic E-state index is 14.5. The van der Waals surface area contributed by atoms with Gasteiger partial charge in [0.25, 0.3) is 5.91 Å². The highest BCUT2D eigenvalue weighted by atomic mass is 19.4. The van der Waals surface area contributed by atoms with Crippen molar-refractivity contribution in [2.24, 2.45) is 0 Å². The van der Waals surface area contributed by atoms with Crippen LogP contribution in [0.4, 0.5) is 26.7 Å². The molecule has 2 unspecified atom stereocenters. The summed E-state index contributed by atoms with van der Waals surface area (Å²) in [6.07, 6.45) is 2.32. The molecular formula is C28H34B2F5N7O4. The molecule has 3 aromatic rings. The molecule has 4 fully saturated rings. The van der Waals surface area contributed by atoms with Crippen molar-refractivity contribution in [1.29, 1.82) is 0 Å². The molecule has 7 rings (SSSR count). The van der Waals surface area contributed by atoms with Gasteiger partial charge in [0.1, 0.15) is 19.4 Å². The van der Waals surface area contributed by atoms with Crippen molar-refractivity contribution < 1.29 is 40.8 Å². The van der Waals surface area contributed by atoms with Gasteiger partial charge in [-0.1, -0.05) is 30.5 Å². The van der Waals surface area contributed by atoms with Crippen molar-refractivity contribution in [2.45, 2.75) is 87.5 Å². The van der Waals surface area contributed by atoms with Gasteiger partial charge < -0.3 is 29.6 Å². The van der Waals surface area contributed by atoms with E-state index in [-0.39, 0.29) is 25.5 Å². The van der Waals surface area contributed by atoms with Crippen LogP contribution in [-0.2, 0) is 17.7 Å². The Hall–Kier alpha value is -3.69. The molecule has 0 spiro atoms. The molecule has 0 bridgehead atoms. The van der Waals surface area contributed by atoms with E-state index in [2.05, 4.69) is 35.5 Å². The summed E-state index contributed by atoms with van der Waals surface area (Å²) in [4.78, 5) is 31.8. The average molecular weight is 649 g/mol. The summed E-state index contributed by atoms with van der Waals surface area (Å²) in [5.41, 5.74) is -1.75. The molecule has 3 N–H and O–H groups in total. The van der Waals surface area contributed by atoms with Crippen molar-refractivity contribution in [2.75, 3.05) is 20.2 Å². The minimum atomic E-state index is -4.49. The Kier molecular flexibility index (Phi) is 9.14. The molecule has 4 aliphatic rings. The lowest BCUT2D eigenvalue weighted by Crippen LogP contribution is -2.58. The number of benzene rings is 1. The molecule has 246 valence electrons. The van der Waals surface area contributed by atoms with Gasteiger partial charge in [-0.15, -0.1) is 0 Å². The molecule has 2 atom stereocenters. The smallest absolute Gasteiger partial charge is 0.366 e. The summed E-state index contributed by atoms with van der Waals surface area (Å²) < 4.78 is 76.3. The SMILES string of the molecule is C1CC1.CNC(=O)c1nonc1C1CC1.[B]C12NC(=O)N(Cc3ccc4nc(CCOC(C)(C)C(F)(F)F)[nH]c4c3)CC1(F)B2F. The van der Waals surface area contributed by atoms with Crippen LogP contribution in [0.25, 0.3) is 11.0 Å². The standard InChI is InChI=1S/C18H19B2F5N4O2.C7H9N3O2.C3H6/c1-15(2,18(22,23)24)31-6-5-13-26-11-4-3-10(7-12(11)27-13)8-29-9-16(21)17(19,20(16)25)28-14(29)30;1-8-7(11)6-5(4-2-3-4)9-12-10-6;1-2-3-1/h3-4,7H,5-6,8-9H2,1-2H3,(H,26,27)(H,28,30);4H,2-3H2,1H3,(H,8,11);1-3H2. The van der Waals surface area contributed by atoms with Crippen LogP contribution in [0.5, 0.6) is 0 Å². The van der Waals surface area contributed by atoms with Crippen LogP contribution in [0, 0.1) is 0 Å². The lowest BCUT2D eigenvalue weighted by Gasteiger charge is -2.33. The zero-order chi connectivity index (χ0) is 33.5. The van der Waals surface area contributed by atoms with Crippen molar-refractivity contribution in [1.82, 2.24) is 35.8 Å². The Morgan fingerprint density at radius 3 is 2.54 bits per heavy atom. The second-order valence-electron chi connectivity index (χ2n) is 12.4. The maximum absolute atomic E-state index is 14.5. The first kappa shape index (κ1) is 33.7. The van der Waals surface area contributed by atoms with Crippen LogP contribution in [0.15, 0.2) is 22.8 Å². The van der Waals surface area contributed by atoms with E-state index in [1.165, 1.54) is 19.3 Å². The zero-order valence-corrected chi connectivity index (χ0v) is 25.6. The molecule has 3 amide bonds. The first-order valence-electron chi connectivity index (χ1n) is 15.0. The third-order valence-electron chi connectivity index (χ3n) is 8.15. The van der Waals surface area contributed by atoms with E-state index in [9.17, 15) is 31.5 Å². The quantitative estimate of drug-likeness (QED) is 0.247. The van der Waals surface area contributed by atoms with Crippen molar-refractivity contribution in [3.63, 3.8) is 0 Å². The van der Waals surface area contributed by atoms with Gasteiger partial charge in [-0.25, -0.2) is 18.8 Å². The molecule has 2 aliphatic carbocycles. The van der Waals surface area contributed by atoms with E-state index in [4.69, 9.17) is 12.6 Å². The number of rotatable bonds is 8. The number of nitrogens with one attached hydrogen (secondary N) is 3. The number of amides is 3. The number of nitrogens with zero attached hydrogens (tertiary/aromatic N) is 4. The molecule has 11 nitrogen and oxygen atoms in total. The Morgan fingerprint density at radius 1 is 1.24 bits per heavy atom. The minimum absolute atomic E-state index is 0.0213. The molecule has 2 aliphatic heterocycles. The number of hydrogen-bond acceptors (Lipinski definition) is 7. The number of fused-ring (bicyclic) bond motifs is 2. The predicted molar refractivity (Wildman–Crippen MR) is 158 cm³/mol. The summed E-state index contributed by atoms with van der Waals surface area (Å²) in [5, 5.41) is 9.95. The molecule has 46 heavy (non-hydrogen) atoms. The van der Waals surface area contributed by atoms with Gasteiger partial charge in [0.2, 0.25) is 0 Å². The second kappa shape index (κ2) is 12.5. The fourth-order valence-corrected chi connectivity index (χ4v) is 4.71. The fraction of sp³-hybridized carbons (Fsp3) is 0.607. The number of urea groups is 1. The first-order chi connectivity index (χ1) is 21.6. The number of alkyl halides is 4. The highest BCUT2D eigenvalue weighted by molar-refractivity contribution is 6.83. The molecule has 2 radical (unpaired) electrons. The largest absolute Gasteiger partial charge is 0.416 e. The lowest BCUT2D eigenvalue weighted by molar-refractivity contribution is -0.263. The summed E-state index contributed by atoms with van der Waals surface area (Å²) in [7, 11) is 7.11. The number of aromatic amines is 1. The van der Waals surface area contributed by atoms with E-state index in [0.717, 1.165) is 31.6 Å². The number of carbonyl (C=O) groups is 2. The van der Waals surface area contributed by atoms with E-state index in [1.807, 2.05) is 0 Å².